The average molecular weight is 211 g/mol. The Labute approximate surface area is 89.1 Å². The standard InChI is InChI=1S/C10H17N3O2/c1-2-13-5-3-8(4-6-13)10-11-9(7-14)12-15-10/h8,14H,2-7H2,1H3. The first-order chi connectivity index (χ1) is 7.33. The number of hydrogen-bond acceptors (Lipinski definition) is 5. The summed E-state index contributed by atoms with van der Waals surface area (Å²) in [6.07, 6.45) is 2.14. The molecule has 84 valence electrons. The Morgan fingerprint density at radius 3 is 2.73 bits per heavy atom. The van der Waals surface area contributed by atoms with Crippen molar-refractivity contribution < 1.29 is 9.63 Å². The van der Waals surface area contributed by atoms with Gasteiger partial charge in [0.25, 0.3) is 0 Å². The van der Waals surface area contributed by atoms with Crippen LogP contribution in [0.1, 0.15) is 37.4 Å². The largest absolute Gasteiger partial charge is 0.388 e. The van der Waals surface area contributed by atoms with Gasteiger partial charge in [-0.15, -0.1) is 0 Å². The van der Waals surface area contributed by atoms with Crippen molar-refractivity contribution in [3.8, 4) is 0 Å². The van der Waals surface area contributed by atoms with Crippen molar-refractivity contribution in [2.75, 3.05) is 19.6 Å². The van der Waals surface area contributed by atoms with E-state index in [0.29, 0.717) is 17.6 Å². The van der Waals surface area contributed by atoms with E-state index in [2.05, 4.69) is 22.0 Å². The summed E-state index contributed by atoms with van der Waals surface area (Å²) in [5.41, 5.74) is 0. The smallest absolute Gasteiger partial charge is 0.229 e. The molecule has 0 atom stereocenters. The summed E-state index contributed by atoms with van der Waals surface area (Å²) >= 11 is 0. The summed E-state index contributed by atoms with van der Waals surface area (Å²) in [6, 6.07) is 0. The van der Waals surface area contributed by atoms with Crippen LogP contribution in [0.5, 0.6) is 0 Å². The van der Waals surface area contributed by atoms with Crippen LogP contribution in [-0.4, -0.2) is 39.8 Å². The van der Waals surface area contributed by atoms with Gasteiger partial charge in [0, 0.05) is 5.92 Å². The third kappa shape index (κ3) is 2.35. The van der Waals surface area contributed by atoms with Crippen LogP contribution in [0.4, 0.5) is 0 Å². The molecular weight excluding hydrogens is 194 g/mol. The first-order valence-electron chi connectivity index (χ1n) is 5.49. The van der Waals surface area contributed by atoms with E-state index < -0.39 is 0 Å². The highest BCUT2D eigenvalue weighted by Gasteiger charge is 2.24. The lowest BCUT2D eigenvalue weighted by Crippen LogP contribution is -2.32. The number of aliphatic hydroxyl groups is 1. The van der Waals surface area contributed by atoms with Crippen molar-refractivity contribution in [1.29, 1.82) is 0 Å². The molecule has 2 rings (SSSR count). The molecule has 5 heteroatoms. The summed E-state index contributed by atoms with van der Waals surface area (Å²) in [6.45, 7) is 5.34. The lowest BCUT2D eigenvalue weighted by Gasteiger charge is -2.28. The second kappa shape index (κ2) is 4.72. The second-order valence-corrected chi connectivity index (χ2v) is 3.92. The predicted octanol–water partition coefficient (Wildman–Crippen LogP) is 0.761. The second-order valence-electron chi connectivity index (χ2n) is 3.92. The molecule has 1 saturated heterocycles. The summed E-state index contributed by atoms with van der Waals surface area (Å²) in [7, 11) is 0. The molecule has 0 amide bonds. The first kappa shape index (κ1) is 10.6. The summed E-state index contributed by atoms with van der Waals surface area (Å²) in [4.78, 5) is 6.57. The minimum Gasteiger partial charge on any atom is -0.388 e. The van der Waals surface area contributed by atoms with Gasteiger partial charge in [0.15, 0.2) is 5.82 Å². The molecule has 1 N–H and O–H groups in total. The maximum atomic E-state index is 8.84. The molecule has 0 saturated carbocycles. The molecule has 0 aliphatic carbocycles. The molecule has 1 aromatic heterocycles. The summed E-state index contributed by atoms with van der Waals surface area (Å²) in [5, 5.41) is 12.5. The zero-order chi connectivity index (χ0) is 10.7. The maximum Gasteiger partial charge on any atom is 0.229 e. The number of rotatable bonds is 3. The van der Waals surface area contributed by atoms with Gasteiger partial charge in [-0.25, -0.2) is 0 Å². The van der Waals surface area contributed by atoms with E-state index in [9.17, 15) is 0 Å². The highest BCUT2D eigenvalue weighted by atomic mass is 16.5. The van der Waals surface area contributed by atoms with Crippen molar-refractivity contribution in [2.24, 2.45) is 0 Å². The van der Waals surface area contributed by atoms with Crippen LogP contribution in [0.25, 0.3) is 0 Å². The van der Waals surface area contributed by atoms with Gasteiger partial charge in [-0.3, -0.25) is 0 Å². The molecule has 1 aliphatic rings. The molecule has 1 aromatic rings. The summed E-state index contributed by atoms with van der Waals surface area (Å²) < 4.78 is 5.12. The molecule has 0 radical (unpaired) electrons. The Morgan fingerprint density at radius 1 is 1.47 bits per heavy atom. The van der Waals surface area contributed by atoms with Crippen LogP contribution in [-0.2, 0) is 6.61 Å². The van der Waals surface area contributed by atoms with E-state index in [1.165, 1.54) is 0 Å². The normalized spacial score (nSPS) is 19.6. The topological polar surface area (TPSA) is 62.4 Å². The van der Waals surface area contributed by atoms with Gasteiger partial charge in [0.2, 0.25) is 5.89 Å². The van der Waals surface area contributed by atoms with E-state index >= 15 is 0 Å². The molecule has 5 nitrogen and oxygen atoms in total. The molecule has 0 bridgehead atoms. The van der Waals surface area contributed by atoms with Crippen molar-refractivity contribution in [3.63, 3.8) is 0 Å². The fourth-order valence-electron chi connectivity index (χ4n) is 1.99. The fourth-order valence-corrected chi connectivity index (χ4v) is 1.99. The van der Waals surface area contributed by atoms with Crippen LogP contribution >= 0.6 is 0 Å². The maximum absolute atomic E-state index is 8.84. The Bertz CT molecular complexity index is 305. The number of aliphatic hydroxyl groups excluding tert-OH is 1. The number of piperidine rings is 1. The number of hydrogen-bond donors (Lipinski definition) is 1. The van der Waals surface area contributed by atoms with Crippen molar-refractivity contribution in [3.05, 3.63) is 11.7 Å². The van der Waals surface area contributed by atoms with Crippen LogP contribution in [0.15, 0.2) is 4.52 Å². The van der Waals surface area contributed by atoms with Gasteiger partial charge in [0.1, 0.15) is 6.61 Å². The van der Waals surface area contributed by atoms with Crippen molar-refractivity contribution in [1.82, 2.24) is 15.0 Å². The van der Waals surface area contributed by atoms with Gasteiger partial charge < -0.3 is 14.5 Å². The third-order valence-corrected chi connectivity index (χ3v) is 3.01. The Balaban J connectivity index is 1.95. The highest BCUT2D eigenvalue weighted by molar-refractivity contribution is 4.95. The molecule has 0 unspecified atom stereocenters. The monoisotopic (exact) mass is 211 g/mol. The Kier molecular flexibility index (Phi) is 3.33. The number of nitrogens with zero attached hydrogens (tertiary/aromatic N) is 3. The van der Waals surface area contributed by atoms with Crippen LogP contribution in [0.2, 0.25) is 0 Å². The Morgan fingerprint density at radius 2 is 2.20 bits per heavy atom. The average Bonchev–Trinajstić information content (AvgIpc) is 2.78. The lowest BCUT2D eigenvalue weighted by molar-refractivity contribution is 0.202. The van der Waals surface area contributed by atoms with Gasteiger partial charge in [-0.05, 0) is 32.5 Å². The predicted molar refractivity (Wildman–Crippen MR) is 54.3 cm³/mol. The minimum atomic E-state index is -0.142. The molecular formula is C10H17N3O2. The first-order valence-corrected chi connectivity index (χ1v) is 5.49. The molecule has 0 aromatic carbocycles. The van der Waals surface area contributed by atoms with E-state index in [-0.39, 0.29) is 6.61 Å². The van der Waals surface area contributed by atoms with Crippen LogP contribution in [0.3, 0.4) is 0 Å². The fraction of sp³-hybridized carbons (Fsp3) is 0.800. The van der Waals surface area contributed by atoms with Crippen LogP contribution in [0, 0.1) is 0 Å². The molecule has 0 spiro atoms. The third-order valence-electron chi connectivity index (χ3n) is 3.01. The molecule has 2 heterocycles. The molecule has 1 fully saturated rings. The van der Waals surface area contributed by atoms with Gasteiger partial charge in [0.05, 0.1) is 0 Å². The van der Waals surface area contributed by atoms with E-state index in [1.54, 1.807) is 0 Å². The van der Waals surface area contributed by atoms with E-state index in [1.807, 2.05) is 0 Å². The minimum absolute atomic E-state index is 0.142. The number of likely N-dealkylation sites (tertiary alicyclic amines) is 1. The zero-order valence-corrected chi connectivity index (χ0v) is 9.02. The van der Waals surface area contributed by atoms with Crippen LogP contribution < -0.4 is 0 Å². The van der Waals surface area contributed by atoms with E-state index in [0.717, 1.165) is 32.5 Å². The zero-order valence-electron chi connectivity index (χ0n) is 9.02. The summed E-state index contributed by atoms with van der Waals surface area (Å²) in [5.74, 6) is 1.46. The molecule has 1 aliphatic heterocycles. The van der Waals surface area contributed by atoms with Crippen molar-refractivity contribution in [2.45, 2.75) is 32.3 Å². The quantitative estimate of drug-likeness (QED) is 0.799. The van der Waals surface area contributed by atoms with Crippen molar-refractivity contribution >= 4 is 0 Å². The SMILES string of the molecule is CCN1CCC(c2nc(CO)no2)CC1. The lowest BCUT2D eigenvalue weighted by atomic mass is 9.97. The van der Waals surface area contributed by atoms with Gasteiger partial charge in [-0.1, -0.05) is 12.1 Å². The van der Waals surface area contributed by atoms with Gasteiger partial charge >= 0.3 is 0 Å². The van der Waals surface area contributed by atoms with Gasteiger partial charge in [-0.2, -0.15) is 4.98 Å². The molecule has 15 heavy (non-hydrogen) atoms. The Hall–Kier alpha value is -0.940. The van der Waals surface area contributed by atoms with E-state index in [4.69, 9.17) is 9.63 Å². The number of aromatic nitrogens is 2. The highest BCUT2D eigenvalue weighted by Crippen LogP contribution is 2.26.